The van der Waals surface area contributed by atoms with Gasteiger partial charge >= 0.3 is 0 Å². The molecule has 0 saturated carbocycles. The van der Waals surface area contributed by atoms with E-state index in [1.54, 1.807) is 7.11 Å². The molecule has 1 aliphatic heterocycles. The first-order valence-electron chi connectivity index (χ1n) is 8.03. The van der Waals surface area contributed by atoms with Gasteiger partial charge in [-0.1, -0.05) is 30.3 Å². The summed E-state index contributed by atoms with van der Waals surface area (Å²) >= 11 is 6.22. The van der Waals surface area contributed by atoms with E-state index in [9.17, 15) is 0 Å². The highest BCUT2D eigenvalue weighted by molar-refractivity contribution is 6.29. The largest absolute Gasteiger partial charge is 0.494 e. The van der Waals surface area contributed by atoms with Gasteiger partial charge in [-0.3, -0.25) is 0 Å². The molecule has 2 heterocycles. The zero-order valence-corrected chi connectivity index (χ0v) is 14.4. The number of hydrogen-bond acceptors (Lipinski definition) is 4. The Morgan fingerprint density at radius 2 is 1.96 bits per heavy atom. The number of nitrogens with zero attached hydrogens (tertiary/aromatic N) is 3. The summed E-state index contributed by atoms with van der Waals surface area (Å²) in [7, 11) is 1.64. The summed E-state index contributed by atoms with van der Waals surface area (Å²) in [5, 5.41) is 1.21. The van der Waals surface area contributed by atoms with E-state index in [-0.39, 0.29) is 11.3 Å². The molecule has 3 aromatic rings. The quantitative estimate of drug-likeness (QED) is 0.648. The first-order valence-corrected chi connectivity index (χ1v) is 8.41. The van der Waals surface area contributed by atoms with Crippen LogP contribution in [0.15, 0.2) is 42.5 Å². The third-order valence-corrected chi connectivity index (χ3v) is 4.90. The van der Waals surface area contributed by atoms with Gasteiger partial charge in [0.2, 0.25) is 5.28 Å². The highest BCUT2D eigenvalue weighted by atomic mass is 35.5. The summed E-state index contributed by atoms with van der Waals surface area (Å²) in [4.78, 5) is 11.2. The molecule has 1 aromatic heterocycles. The number of ether oxygens (including phenoxy) is 1. The number of rotatable bonds is 2. The molecule has 0 unspecified atom stereocenters. The van der Waals surface area contributed by atoms with Gasteiger partial charge in [0.1, 0.15) is 17.1 Å². The van der Waals surface area contributed by atoms with Crippen LogP contribution in [-0.4, -0.2) is 23.6 Å². The van der Waals surface area contributed by atoms with Crippen molar-refractivity contribution in [2.24, 2.45) is 0 Å². The second-order valence-electron chi connectivity index (χ2n) is 5.99. The lowest BCUT2D eigenvalue weighted by Gasteiger charge is -2.36. The minimum absolute atomic E-state index is 0.232. The van der Waals surface area contributed by atoms with Gasteiger partial charge in [0.15, 0.2) is 0 Å². The molecular weight excluding hydrogens is 322 g/mol. The van der Waals surface area contributed by atoms with E-state index < -0.39 is 0 Å². The highest BCUT2D eigenvalue weighted by Gasteiger charge is 2.26. The van der Waals surface area contributed by atoms with Crippen molar-refractivity contribution >= 4 is 28.3 Å². The van der Waals surface area contributed by atoms with Crippen molar-refractivity contribution in [1.29, 1.82) is 0 Å². The Morgan fingerprint density at radius 1 is 1.12 bits per heavy atom. The van der Waals surface area contributed by atoms with Gasteiger partial charge in [-0.15, -0.1) is 0 Å². The molecule has 4 rings (SSSR count). The molecule has 1 aliphatic rings. The minimum Gasteiger partial charge on any atom is -0.494 e. The lowest BCUT2D eigenvalue weighted by Crippen LogP contribution is -2.34. The number of aromatic nitrogens is 2. The van der Waals surface area contributed by atoms with Gasteiger partial charge in [-0.2, -0.15) is 4.98 Å². The maximum Gasteiger partial charge on any atom is 0.225 e. The zero-order valence-electron chi connectivity index (χ0n) is 13.7. The maximum absolute atomic E-state index is 6.22. The van der Waals surface area contributed by atoms with E-state index in [0.717, 1.165) is 29.7 Å². The van der Waals surface area contributed by atoms with Crippen molar-refractivity contribution in [2.75, 3.05) is 18.6 Å². The van der Waals surface area contributed by atoms with Crippen LogP contribution in [0.2, 0.25) is 5.28 Å². The fourth-order valence-corrected chi connectivity index (χ4v) is 3.69. The molecule has 5 heteroatoms. The van der Waals surface area contributed by atoms with E-state index in [2.05, 4.69) is 46.1 Å². The molecule has 0 fully saturated rings. The minimum atomic E-state index is 0.232. The summed E-state index contributed by atoms with van der Waals surface area (Å²) in [6, 6.07) is 14.7. The summed E-state index contributed by atoms with van der Waals surface area (Å²) in [6.07, 6.45) is 0.994. The second kappa shape index (κ2) is 5.95. The molecular formula is C19H18ClN3O. The Kier molecular flexibility index (Phi) is 3.77. The molecule has 4 nitrogen and oxygen atoms in total. The van der Waals surface area contributed by atoms with Crippen LogP contribution in [0.1, 0.15) is 24.1 Å². The number of anilines is 1. The van der Waals surface area contributed by atoms with Crippen LogP contribution in [0.25, 0.3) is 10.9 Å². The number of benzene rings is 2. The number of fused-ring (bicyclic) bond motifs is 2. The van der Waals surface area contributed by atoms with Gasteiger partial charge in [-0.25, -0.2) is 4.98 Å². The molecule has 0 spiro atoms. The highest BCUT2D eigenvalue weighted by Crippen LogP contribution is 2.37. The molecule has 0 aliphatic carbocycles. The van der Waals surface area contributed by atoms with E-state index in [1.165, 1.54) is 11.1 Å². The standard InChI is InChI=1S/C19H18ClN3O/c1-12-14-7-4-3-6-13(14)10-11-23(12)18-15-8-5-9-16(24-2)17(15)21-19(20)22-18/h3-9,12H,10-11H2,1-2H3/t12-/m1/s1. The fraction of sp³-hybridized carbons (Fsp3) is 0.263. The second-order valence-corrected chi connectivity index (χ2v) is 6.33. The monoisotopic (exact) mass is 339 g/mol. The normalized spacial score (nSPS) is 17.0. The predicted molar refractivity (Wildman–Crippen MR) is 97.0 cm³/mol. The third kappa shape index (κ3) is 2.38. The summed E-state index contributed by atoms with van der Waals surface area (Å²) in [6.45, 7) is 3.11. The van der Waals surface area contributed by atoms with Crippen molar-refractivity contribution < 1.29 is 4.74 Å². The molecule has 0 saturated heterocycles. The number of hydrogen-bond donors (Lipinski definition) is 0. The van der Waals surface area contributed by atoms with Gasteiger partial charge < -0.3 is 9.64 Å². The molecule has 0 amide bonds. The van der Waals surface area contributed by atoms with Crippen LogP contribution < -0.4 is 9.64 Å². The van der Waals surface area contributed by atoms with Gasteiger partial charge in [0, 0.05) is 11.9 Å². The molecule has 0 radical (unpaired) electrons. The van der Waals surface area contributed by atoms with Crippen LogP contribution >= 0.6 is 11.6 Å². The van der Waals surface area contributed by atoms with Crippen molar-refractivity contribution in [3.63, 3.8) is 0 Å². The molecule has 0 N–H and O–H groups in total. The summed E-state index contributed by atoms with van der Waals surface area (Å²) < 4.78 is 5.44. The molecule has 24 heavy (non-hydrogen) atoms. The number of halogens is 1. The Morgan fingerprint density at radius 3 is 2.79 bits per heavy atom. The van der Waals surface area contributed by atoms with E-state index >= 15 is 0 Å². The Labute approximate surface area is 146 Å². The van der Waals surface area contributed by atoms with Crippen molar-refractivity contribution in [2.45, 2.75) is 19.4 Å². The predicted octanol–water partition coefficient (Wildman–Crippen LogP) is 4.42. The molecule has 1 atom stereocenters. The average molecular weight is 340 g/mol. The van der Waals surface area contributed by atoms with Crippen LogP contribution in [0.4, 0.5) is 5.82 Å². The van der Waals surface area contributed by atoms with Gasteiger partial charge in [-0.05, 0) is 48.2 Å². The SMILES string of the molecule is COc1cccc2c(N3CCc4ccccc4[C@H]3C)nc(Cl)nc12. The van der Waals surface area contributed by atoms with Crippen molar-refractivity contribution in [1.82, 2.24) is 9.97 Å². The number of methoxy groups -OCH3 is 1. The van der Waals surface area contributed by atoms with Crippen LogP contribution in [0.3, 0.4) is 0 Å². The Hall–Kier alpha value is -2.33. The third-order valence-electron chi connectivity index (χ3n) is 4.73. The van der Waals surface area contributed by atoms with Crippen LogP contribution in [0.5, 0.6) is 5.75 Å². The topological polar surface area (TPSA) is 38.2 Å². The first-order chi connectivity index (χ1) is 11.7. The molecule has 122 valence electrons. The van der Waals surface area contributed by atoms with E-state index in [4.69, 9.17) is 16.3 Å². The smallest absolute Gasteiger partial charge is 0.225 e. The number of para-hydroxylation sites is 1. The van der Waals surface area contributed by atoms with E-state index in [1.807, 2.05) is 18.2 Å². The fourth-order valence-electron chi connectivity index (χ4n) is 3.53. The van der Waals surface area contributed by atoms with Crippen LogP contribution in [0, 0.1) is 0 Å². The van der Waals surface area contributed by atoms with Gasteiger partial charge in [0.05, 0.1) is 13.2 Å². The lowest BCUT2D eigenvalue weighted by molar-refractivity contribution is 0.419. The molecule has 0 bridgehead atoms. The van der Waals surface area contributed by atoms with Gasteiger partial charge in [0.25, 0.3) is 0 Å². The van der Waals surface area contributed by atoms with Crippen molar-refractivity contribution in [3.05, 3.63) is 58.9 Å². The average Bonchev–Trinajstić information content (AvgIpc) is 2.61. The zero-order chi connectivity index (χ0) is 16.7. The lowest BCUT2D eigenvalue weighted by atomic mass is 9.93. The molecule has 2 aromatic carbocycles. The van der Waals surface area contributed by atoms with Crippen molar-refractivity contribution in [3.8, 4) is 5.75 Å². The summed E-state index contributed by atoms with van der Waals surface area (Å²) in [5.74, 6) is 1.58. The van der Waals surface area contributed by atoms with Crippen LogP contribution in [-0.2, 0) is 6.42 Å². The summed E-state index contributed by atoms with van der Waals surface area (Å²) in [5.41, 5.74) is 3.50. The first kappa shape index (κ1) is 15.2. The Balaban J connectivity index is 1.88. The maximum atomic E-state index is 6.22. The van der Waals surface area contributed by atoms with E-state index in [0.29, 0.717) is 5.75 Å². The Bertz CT molecular complexity index is 912.